The number of benzene rings is 2. The van der Waals surface area contributed by atoms with E-state index in [4.69, 9.17) is 26.1 Å². The van der Waals surface area contributed by atoms with Gasteiger partial charge in [0.25, 0.3) is 0 Å². The molecule has 4 rings (SSSR count). The minimum absolute atomic E-state index is 0. The van der Waals surface area contributed by atoms with Gasteiger partial charge in [-0.05, 0) is 36.2 Å². The first-order chi connectivity index (χ1) is 12.2. The van der Waals surface area contributed by atoms with Gasteiger partial charge in [0, 0.05) is 23.1 Å². The van der Waals surface area contributed by atoms with E-state index in [-0.39, 0.29) is 12.4 Å². The Bertz CT molecular complexity index is 1000. The number of nitrogens with zero attached hydrogens (tertiary/aromatic N) is 2. The van der Waals surface area contributed by atoms with E-state index in [2.05, 4.69) is 4.98 Å². The van der Waals surface area contributed by atoms with E-state index >= 15 is 0 Å². The van der Waals surface area contributed by atoms with Crippen molar-refractivity contribution in [3.05, 3.63) is 64.3 Å². The van der Waals surface area contributed by atoms with Gasteiger partial charge < -0.3 is 9.47 Å². The molecule has 0 N–H and O–H groups in total. The Kier molecular flexibility index (Phi) is 5.35. The van der Waals surface area contributed by atoms with Crippen molar-refractivity contribution in [3.8, 4) is 11.5 Å². The molecule has 0 saturated heterocycles. The number of rotatable bonds is 3. The van der Waals surface area contributed by atoms with Gasteiger partial charge in [-0.2, -0.15) is 0 Å². The lowest BCUT2D eigenvalue weighted by Crippen LogP contribution is -2.15. The van der Waals surface area contributed by atoms with E-state index in [0.717, 1.165) is 46.5 Å². The molecule has 134 valence electrons. The summed E-state index contributed by atoms with van der Waals surface area (Å²) in [7, 11) is 3.29. The highest BCUT2D eigenvalue weighted by Gasteiger charge is 2.21. The van der Waals surface area contributed by atoms with Gasteiger partial charge in [0.05, 0.1) is 25.4 Å². The number of para-hydroxylation sites is 1. The smallest absolute Gasteiger partial charge is 0.161 e. The zero-order valence-electron chi connectivity index (χ0n) is 14.5. The maximum atomic E-state index is 6.27. The van der Waals surface area contributed by atoms with Crippen molar-refractivity contribution in [1.82, 2.24) is 4.98 Å². The highest BCUT2D eigenvalue weighted by molar-refractivity contribution is 6.31. The van der Waals surface area contributed by atoms with Crippen molar-refractivity contribution in [3.63, 3.8) is 0 Å². The van der Waals surface area contributed by atoms with Crippen LogP contribution < -0.4 is 9.47 Å². The maximum absolute atomic E-state index is 6.27. The lowest BCUT2D eigenvalue weighted by Gasteiger charge is -2.21. The average Bonchev–Trinajstić information content (AvgIpc) is 2.65. The predicted octanol–water partition coefficient (Wildman–Crippen LogP) is 4.72. The number of aliphatic imine (C=N–C) groups is 1. The van der Waals surface area contributed by atoms with Crippen LogP contribution >= 0.6 is 24.0 Å². The lowest BCUT2D eigenvalue weighted by atomic mass is 9.91. The maximum Gasteiger partial charge on any atom is 0.161 e. The topological polar surface area (TPSA) is 43.7 Å². The molecular weight excluding hydrogens is 371 g/mol. The minimum Gasteiger partial charge on any atom is -0.493 e. The molecule has 0 saturated carbocycles. The zero-order chi connectivity index (χ0) is 17.4. The number of fused-ring (bicyclic) bond motifs is 2. The minimum atomic E-state index is 0. The van der Waals surface area contributed by atoms with Crippen molar-refractivity contribution in [2.24, 2.45) is 4.99 Å². The van der Waals surface area contributed by atoms with Crippen LogP contribution in [0.25, 0.3) is 10.9 Å². The van der Waals surface area contributed by atoms with E-state index in [1.54, 1.807) is 14.2 Å². The van der Waals surface area contributed by atoms with Crippen LogP contribution in [0.4, 0.5) is 0 Å². The van der Waals surface area contributed by atoms with Crippen LogP contribution in [0.2, 0.25) is 5.15 Å². The molecule has 0 radical (unpaired) electrons. The summed E-state index contributed by atoms with van der Waals surface area (Å²) >= 11 is 6.27. The summed E-state index contributed by atoms with van der Waals surface area (Å²) < 4.78 is 10.9. The van der Waals surface area contributed by atoms with Gasteiger partial charge in [0.2, 0.25) is 0 Å². The third kappa shape index (κ3) is 3.11. The second-order valence-electron chi connectivity index (χ2n) is 5.85. The van der Waals surface area contributed by atoms with Crippen molar-refractivity contribution in [2.45, 2.75) is 6.42 Å². The van der Waals surface area contributed by atoms with Gasteiger partial charge in [0.15, 0.2) is 11.5 Å². The second kappa shape index (κ2) is 7.52. The SMILES string of the molecule is COc1cc2c(cc1OC)C(c1cc(Cl)nc3ccccc13)=NCC2.Cl. The Hall–Kier alpha value is -2.30. The summed E-state index contributed by atoms with van der Waals surface area (Å²) in [5.74, 6) is 1.43. The van der Waals surface area contributed by atoms with Crippen molar-refractivity contribution >= 4 is 40.6 Å². The number of hydrogen-bond acceptors (Lipinski definition) is 4. The second-order valence-corrected chi connectivity index (χ2v) is 6.24. The molecule has 1 aliphatic heterocycles. The third-order valence-electron chi connectivity index (χ3n) is 4.46. The van der Waals surface area contributed by atoms with Crippen LogP contribution in [-0.2, 0) is 6.42 Å². The number of pyridine rings is 1. The Balaban J connectivity index is 0.00000196. The average molecular weight is 389 g/mol. The van der Waals surface area contributed by atoms with E-state index in [9.17, 15) is 0 Å². The van der Waals surface area contributed by atoms with Crippen molar-refractivity contribution in [2.75, 3.05) is 20.8 Å². The van der Waals surface area contributed by atoms with Crippen molar-refractivity contribution in [1.29, 1.82) is 0 Å². The Morgan fingerprint density at radius 3 is 2.46 bits per heavy atom. The molecule has 0 aliphatic carbocycles. The monoisotopic (exact) mass is 388 g/mol. The molecule has 2 heterocycles. The molecule has 0 fully saturated rings. The first-order valence-electron chi connectivity index (χ1n) is 8.06. The van der Waals surface area contributed by atoms with Crippen LogP contribution in [0.1, 0.15) is 16.7 Å². The van der Waals surface area contributed by atoms with Gasteiger partial charge in [-0.25, -0.2) is 4.98 Å². The zero-order valence-corrected chi connectivity index (χ0v) is 16.0. The molecule has 0 bridgehead atoms. The standard InChI is InChI=1S/C20H17ClN2O2.ClH/c1-24-17-9-12-7-8-22-20(14(12)10-18(17)25-2)15-11-19(21)23-16-6-4-3-5-13(15)16;/h3-6,9-11H,7-8H2,1-2H3;1H. The molecule has 0 unspecified atom stereocenters. The number of ether oxygens (including phenoxy) is 2. The van der Waals surface area contributed by atoms with Crippen LogP contribution in [0, 0.1) is 0 Å². The summed E-state index contributed by atoms with van der Waals surface area (Å²) in [6, 6.07) is 13.9. The fourth-order valence-corrected chi connectivity index (χ4v) is 3.49. The number of methoxy groups -OCH3 is 2. The van der Waals surface area contributed by atoms with E-state index in [1.807, 2.05) is 42.5 Å². The largest absolute Gasteiger partial charge is 0.493 e. The quantitative estimate of drug-likeness (QED) is 0.609. The molecule has 26 heavy (non-hydrogen) atoms. The van der Waals surface area contributed by atoms with Gasteiger partial charge in [-0.15, -0.1) is 12.4 Å². The number of hydrogen-bond donors (Lipinski definition) is 0. The summed E-state index contributed by atoms with van der Waals surface area (Å²) in [5, 5.41) is 1.50. The molecule has 1 aromatic heterocycles. The molecule has 4 nitrogen and oxygen atoms in total. The highest BCUT2D eigenvalue weighted by Crippen LogP contribution is 2.35. The molecule has 0 atom stereocenters. The fourth-order valence-electron chi connectivity index (χ4n) is 3.29. The third-order valence-corrected chi connectivity index (χ3v) is 4.65. The summed E-state index contributed by atoms with van der Waals surface area (Å²) in [4.78, 5) is 9.21. The molecule has 0 spiro atoms. The van der Waals surface area contributed by atoms with Crippen LogP contribution in [0.5, 0.6) is 11.5 Å². The van der Waals surface area contributed by atoms with E-state index in [1.165, 1.54) is 5.56 Å². The van der Waals surface area contributed by atoms with Gasteiger partial charge >= 0.3 is 0 Å². The van der Waals surface area contributed by atoms with Gasteiger partial charge in [0.1, 0.15) is 5.15 Å². The molecule has 3 aromatic rings. The lowest BCUT2D eigenvalue weighted by molar-refractivity contribution is 0.354. The highest BCUT2D eigenvalue weighted by atomic mass is 35.5. The molecule has 1 aliphatic rings. The molecule has 2 aromatic carbocycles. The van der Waals surface area contributed by atoms with Gasteiger partial charge in [-0.1, -0.05) is 29.8 Å². The normalized spacial score (nSPS) is 12.8. The summed E-state index contributed by atoms with van der Waals surface area (Å²) in [6.07, 6.45) is 0.871. The van der Waals surface area contributed by atoms with E-state index in [0.29, 0.717) is 10.9 Å². The first kappa shape index (κ1) is 18.5. The molecule has 0 amide bonds. The van der Waals surface area contributed by atoms with Crippen LogP contribution in [-0.4, -0.2) is 31.5 Å². The van der Waals surface area contributed by atoms with Crippen LogP contribution in [0.3, 0.4) is 0 Å². The van der Waals surface area contributed by atoms with Crippen LogP contribution in [0.15, 0.2) is 47.5 Å². The van der Waals surface area contributed by atoms with E-state index < -0.39 is 0 Å². The molecule has 6 heteroatoms. The Labute approximate surface area is 163 Å². The van der Waals surface area contributed by atoms with Gasteiger partial charge in [-0.3, -0.25) is 4.99 Å². The van der Waals surface area contributed by atoms with Crippen molar-refractivity contribution < 1.29 is 9.47 Å². The summed E-state index contributed by atoms with van der Waals surface area (Å²) in [6.45, 7) is 0.728. The Morgan fingerprint density at radius 2 is 1.69 bits per heavy atom. The number of aromatic nitrogens is 1. The molecular formula is C20H18Cl2N2O2. The first-order valence-corrected chi connectivity index (χ1v) is 8.44. The number of halogens is 2. The fraction of sp³-hybridized carbons (Fsp3) is 0.200. The Morgan fingerprint density at radius 1 is 0.962 bits per heavy atom. The summed E-state index contributed by atoms with van der Waals surface area (Å²) in [5.41, 5.74) is 5.02. The predicted molar refractivity (Wildman–Crippen MR) is 108 cm³/mol.